The minimum atomic E-state index is -0.404. The molecule has 0 aromatic heterocycles. The topological polar surface area (TPSA) is 70.2 Å². The monoisotopic (exact) mass is 313 g/mol. The maximum Gasteiger partial charge on any atom is 0.238 e. The average molecular weight is 314 g/mol. The van der Waals surface area contributed by atoms with Gasteiger partial charge in [-0.2, -0.15) is 0 Å². The molecule has 108 valence electrons. The van der Waals surface area contributed by atoms with Crippen LogP contribution in [-0.4, -0.2) is 37.2 Å². The van der Waals surface area contributed by atoms with Gasteiger partial charge in [0.1, 0.15) is 0 Å². The van der Waals surface area contributed by atoms with E-state index in [0.717, 1.165) is 4.90 Å². The van der Waals surface area contributed by atoms with Crippen LogP contribution in [0.2, 0.25) is 5.02 Å². The third-order valence-corrected chi connectivity index (χ3v) is 4.34. The molecule has 1 unspecified atom stereocenters. The van der Waals surface area contributed by atoms with Gasteiger partial charge in [-0.1, -0.05) is 11.6 Å². The van der Waals surface area contributed by atoms with Crippen molar-refractivity contribution >= 4 is 40.9 Å². The van der Waals surface area contributed by atoms with Gasteiger partial charge in [-0.3, -0.25) is 9.59 Å². The number of nitrogens with one attached hydrogen (secondary N) is 3. The number of fused-ring (bicyclic) bond motifs is 1. The highest BCUT2D eigenvalue weighted by Crippen LogP contribution is 2.38. The number of rotatable bonds is 5. The molecule has 5 nitrogen and oxygen atoms in total. The lowest BCUT2D eigenvalue weighted by Gasteiger charge is -2.23. The Hall–Kier alpha value is -1.24. The summed E-state index contributed by atoms with van der Waals surface area (Å²) >= 11 is 7.28. The second kappa shape index (κ2) is 6.97. The molecule has 0 fully saturated rings. The van der Waals surface area contributed by atoms with Crippen LogP contribution in [0.3, 0.4) is 0 Å². The molecule has 1 aromatic carbocycles. The van der Waals surface area contributed by atoms with Crippen LogP contribution in [0.15, 0.2) is 23.1 Å². The number of likely N-dealkylation sites (N-methyl/N-ethyl adjacent to an activating group) is 1. The van der Waals surface area contributed by atoms with E-state index in [2.05, 4.69) is 16.0 Å². The molecule has 0 bridgehead atoms. The molecule has 3 N–H and O–H groups in total. The predicted molar refractivity (Wildman–Crippen MR) is 81.3 cm³/mol. The van der Waals surface area contributed by atoms with Crippen molar-refractivity contribution in [3.63, 3.8) is 0 Å². The number of thioether (sulfide) groups is 1. The van der Waals surface area contributed by atoms with Crippen LogP contribution < -0.4 is 16.0 Å². The number of benzene rings is 1. The third-order valence-electron chi connectivity index (χ3n) is 2.83. The largest absolute Gasteiger partial charge is 0.355 e. The molecule has 1 aliphatic heterocycles. The van der Waals surface area contributed by atoms with Gasteiger partial charge in [0.15, 0.2) is 0 Å². The zero-order valence-electron chi connectivity index (χ0n) is 11.0. The molecule has 0 saturated heterocycles. The molecule has 20 heavy (non-hydrogen) atoms. The van der Waals surface area contributed by atoms with E-state index in [0.29, 0.717) is 23.8 Å². The Kier molecular flexibility index (Phi) is 5.28. The number of hydrogen-bond acceptors (Lipinski definition) is 4. The van der Waals surface area contributed by atoms with Gasteiger partial charge >= 0.3 is 0 Å². The SMILES string of the molecule is CNCCNC(=O)CC1Sc2ccc(Cl)cc2NC1=O. The standard InChI is InChI=1S/C13H16ClN3O2S/c1-15-4-5-16-12(18)7-11-13(19)17-9-6-8(14)2-3-10(9)20-11/h2-3,6,11,15H,4-5,7H2,1H3,(H,16,18)(H,17,19). The van der Waals surface area contributed by atoms with E-state index in [1.165, 1.54) is 11.8 Å². The summed E-state index contributed by atoms with van der Waals surface area (Å²) in [5.74, 6) is -0.279. The van der Waals surface area contributed by atoms with E-state index >= 15 is 0 Å². The molecule has 0 aliphatic carbocycles. The summed E-state index contributed by atoms with van der Waals surface area (Å²) in [6.45, 7) is 1.26. The first-order chi connectivity index (χ1) is 9.60. The summed E-state index contributed by atoms with van der Waals surface area (Å²) in [6, 6.07) is 5.34. The predicted octanol–water partition coefficient (Wildman–Crippen LogP) is 1.48. The Balaban J connectivity index is 1.95. The van der Waals surface area contributed by atoms with Crippen molar-refractivity contribution in [2.75, 3.05) is 25.5 Å². The fraction of sp³-hybridized carbons (Fsp3) is 0.385. The van der Waals surface area contributed by atoms with Gasteiger partial charge in [0.05, 0.1) is 10.9 Å². The number of amides is 2. The number of carbonyl (C=O) groups excluding carboxylic acids is 2. The summed E-state index contributed by atoms with van der Waals surface area (Å²) in [6.07, 6.45) is 0.169. The molecule has 1 heterocycles. The van der Waals surface area contributed by atoms with Gasteiger partial charge in [-0.15, -0.1) is 11.8 Å². The lowest BCUT2D eigenvalue weighted by Crippen LogP contribution is -2.36. The van der Waals surface area contributed by atoms with Crippen molar-refractivity contribution in [1.29, 1.82) is 0 Å². The zero-order valence-corrected chi connectivity index (χ0v) is 12.6. The Morgan fingerprint density at radius 3 is 3.00 bits per heavy atom. The minimum Gasteiger partial charge on any atom is -0.355 e. The van der Waals surface area contributed by atoms with E-state index in [1.54, 1.807) is 12.1 Å². The van der Waals surface area contributed by atoms with Crippen molar-refractivity contribution in [1.82, 2.24) is 10.6 Å². The molecule has 7 heteroatoms. The first-order valence-electron chi connectivity index (χ1n) is 6.28. The Bertz CT molecular complexity index is 524. The number of carbonyl (C=O) groups is 2. The zero-order chi connectivity index (χ0) is 14.5. The smallest absolute Gasteiger partial charge is 0.238 e. The fourth-order valence-electron chi connectivity index (χ4n) is 1.82. The number of anilines is 1. The number of hydrogen-bond donors (Lipinski definition) is 3. The minimum absolute atomic E-state index is 0.120. The van der Waals surface area contributed by atoms with Gasteiger partial charge in [-0.05, 0) is 25.2 Å². The van der Waals surface area contributed by atoms with Crippen LogP contribution in [0.1, 0.15) is 6.42 Å². The highest BCUT2D eigenvalue weighted by atomic mass is 35.5. The molecule has 0 radical (unpaired) electrons. The highest BCUT2D eigenvalue weighted by Gasteiger charge is 2.28. The van der Waals surface area contributed by atoms with Crippen molar-refractivity contribution in [2.45, 2.75) is 16.6 Å². The third kappa shape index (κ3) is 3.88. The van der Waals surface area contributed by atoms with Gasteiger partial charge in [0.2, 0.25) is 11.8 Å². The normalized spacial score (nSPS) is 17.3. The molecule has 0 spiro atoms. The number of halogens is 1. The molecular formula is C13H16ClN3O2S. The molecule has 2 rings (SSSR count). The molecule has 1 aliphatic rings. The average Bonchev–Trinajstić information content (AvgIpc) is 2.40. The Labute approximate surface area is 126 Å². The van der Waals surface area contributed by atoms with Crippen LogP contribution in [0.25, 0.3) is 0 Å². The molecular weight excluding hydrogens is 298 g/mol. The first kappa shape index (κ1) is 15.2. The first-order valence-corrected chi connectivity index (χ1v) is 7.54. The van der Waals surface area contributed by atoms with Crippen LogP contribution in [0.5, 0.6) is 0 Å². The molecule has 1 aromatic rings. The van der Waals surface area contributed by atoms with Crippen LogP contribution in [-0.2, 0) is 9.59 Å². The summed E-state index contributed by atoms with van der Waals surface area (Å²) in [4.78, 5) is 24.6. The molecule has 0 saturated carbocycles. The Morgan fingerprint density at radius 2 is 2.25 bits per heavy atom. The summed E-state index contributed by atoms with van der Waals surface area (Å²) in [5.41, 5.74) is 0.708. The second-order valence-corrected chi connectivity index (χ2v) is 6.07. The lowest BCUT2D eigenvalue weighted by molar-refractivity contribution is -0.124. The van der Waals surface area contributed by atoms with Crippen LogP contribution in [0, 0.1) is 0 Å². The van der Waals surface area contributed by atoms with E-state index in [9.17, 15) is 9.59 Å². The second-order valence-electron chi connectivity index (χ2n) is 4.39. The molecule has 1 atom stereocenters. The summed E-state index contributed by atoms with van der Waals surface area (Å²) in [7, 11) is 1.82. The maximum absolute atomic E-state index is 12.0. The van der Waals surface area contributed by atoms with Crippen LogP contribution >= 0.6 is 23.4 Å². The van der Waals surface area contributed by atoms with E-state index < -0.39 is 5.25 Å². The van der Waals surface area contributed by atoms with Crippen molar-refractivity contribution in [3.8, 4) is 0 Å². The lowest BCUT2D eigenvalue weighted by atomic mass is 10.2. The van der Waals surface area contributed by atoms with Crippen molar-refractivity contribution in [3.05, 3.63) is 23.2 Å². The summed E-state index contributed by atoms with van der Waals surface area (Å²) in [5, 5.41) is 8.67. The maximum atomic E-state index is 12.0. The van der Waals surface area contributed by atoms with Gasteiger partial charge in [0, 0.05) is 29.4 Å². The van der Waals surface area contributed by atoms with Gasteiger partial charge in [-0.25, -0.2) is 0 Å². The molecule has 2 amide bonds. The Morgan fingerprint density at radius 1 is 1.45 bits per heavy atom. The van der Waals surface area contributed by atoms with E-state index in [4.69, 9.17) is 11.6 Å². The summed E-state index contributed by atoms with van der Waals surface area (Å²) < 4.78 is 0. The quantitative estimate of drug-likeness (QED) is 0.720. The van der Waals surface area contributed by atoms with Gasteiger partial charge in [0.25, 0.3) is 0 Å². The van der Waals surface area contributed by atoms with Crippen LogP contribution in [0.4, 0.5) is 5.69 Å². The fourth-order valence-corrected chi connectivity index (χ4v) is 3.09. The highest BCUT2D eigenvalue weighted by molar-refractivity contribution is 8.01. The van der Waals surface area contributed by atoms with E-state index in [-0.39, 0.29) is 18.2 Å². The van der Waals surface area contributed by atoms with E-state index in [1.807, 2.05) is 13.1 Å². The van der Waals surface area contributed by atoms with Crippen molar-refractivity contribution < 1.29 is 9.59 Å². The van der Waals surface area contributed by atoms with Crippen molar-refractivity contribution in [2.24, 2.45) is 0 Å². The van der Waals surface area contributed by atoms with Gasteiger partial charge < -0.3 is 16.0 Å².